The molecule has 5 fully saturated rings. The summed E-state index contributed by atoms with van der Waals surface area (Å²) in [5.41, 5.74) is 1.04. The first-order valence-corrected chi connectivity index (χ1v) is 13.6. The van der Waals surface area contributed by atoms with Crippen molar-refractivity contribution in [1.29, 1.82) is 0 Å². The maximum atomic E-state index is 12.2. The van der Waals surface area contributed by atoms with Gasteiger partial charge in [0.05, 0.1) is 12.2 Å². The number of carbonyl (C=O) groups excluding carboxylic acids is 1. The molecule has 0 aromatic carbocycles. The highest BCUT2D eigenvalue weighted by atomic mass is 16.3. The van der Waals surface area contributed by atoms with E-state index < -0.39 is 6.10 Å². The maximum absolute atomic E-state index is 12.2. The average molecular weight is 443 g/mol. The molecule has 12 atom stereocenters. The van der Waals surface area contributed by atoms with Gasteiger partial charge in [-0.15, -0.1) is 0 Å². The molecule has 0 heterocycles. The molecule has 3 heteroatoms. The first-order valence-electron chi connectivity index (χ1n) is 13.6. The molecular formula is C29H46O3. The SMILES string of the molecule is C=C([C@H](O)C[C@@H](C)[C@@H]1C[C@H]1C)[C@H]1CC[C@H]2[C@@H]3CC[C@H]4CC(=O)CC[C@]4(C)[C@H]3C[C@@H](O)[C@]12C. The molecule has 0 unspecified atom stereocenters. The van der Waals surface area contributed by atoms with E-state index in [4.69, 9.17) is 0 Å². The summed E-state index contributed by atoms with van der Waals surface area (Å²) in [6.07, 6.45) is 9.33. The number of Topliss-reactive ketones (excluding diaryl/α,β-unsaturated/α-hetero) is 1. The highest BCUT2D eigenvalue weighted by Gasteiger charge is 2.63. The fourth-order valence-corrected chi connectivity index (χ4v) is 9.67. The van der Waals surface area contributed by atoms with Gasteiger partial charge in [0.15, 0.2) is 0 Å². The highest BCUT2D eigenvalue weighted by Crippen LogP contribution is 2.68. The Labute approximate surface area is 195 Å². The van der Waals surface area contributed by atoms with Crippen molar-refractivity contribution in [2.75, 3.05) is 0 Å². The molecule has 32 heavy (non-hydrogen) atoms. The Kier molecular flexibility index (Phi) is 5.73. The van der Waals surface area contributed by atoms with Crippen molar-refractivity contribution in [2.24, 2.45) is 58.2 Å². The van der Waals surface area contributed by atoms with Crippen molar-refractivity contribution in [2.45, 2.75) is 104 Å². The van der Waals surface area contributed by atoms with Crippen LogP contribution in [0.15, 0.2) is 12.2 Å². The molecule has 2 N–H and O–H groups in total. The van der Waals surface area contributed by atoms with Crippen molar-refractivity contribution in [3.05, 3.63) is 12.2 Å². The van der Waals surface area contributed by atoms with Crippen LogP contribution < -0.4 is 0 Å². The van der Waals surface area contributed by atoms with E-state index >= 15 is 0 Å². The van der Waals surface area contributed by atoms with E-state index in [0.717, 1.165) is 62.4 Å². The Morgan fingerprint density at radius 1 is 1.16 bits per heavy atom. The van der Waals surface area contributed by atoms with E-state index in [1.807, 2.05) is 0 Å². The van der Waals surface area contributed by atoms with Crippen molar-refractivity contribution in [1.82, 2.24) is 0 Å². The van der Waals surface area contributed by atoms with Gasteiger partial charge in [-0.05, 0) is 110 Å². The molecule has 3 nitrogen and oxygen atoms in total. The van der Waals surface area contributed by atoms with Crippen LogP contribution in [-0.4, -0.2) is 28.2 Å². The van der Waals surface area contributed by atoms with Gasteiger partial charge in [0.2, 0.25) is 0 Å². The summed E-state index contributed by atoms with van der Waals surface area (Å²) in [6.45, 7) is 13.8. The minimum Gasteiger partial charge on any atom is -0.393 e. The molecule has 0 spiro atoms. The molecule has 180 valence electrons. The molecule has 5 aliphatic rings. The summed E-state index contributed by atoms with van der Waals surface area (Å²) < 4.78 is 0. The van der Waals surface area contributed by atoms with Gasteiger partial charge in [-0.1, -0.05) is 34.3 Å². The Morgan fingerprint density at radius 3 is 2.56 bits per heavy atom. The van der Waals surface area contributed by atoms with Gasteiger partial charge in [0, 0.05) is 18.3 Å². The summed E-state index contributed by atoms with van der Waals surface area (Å²) in [5, 5.41) is 22.8. The second-order valence-electron chi connectivity index (χ2n) is 13.3. The van der Waals surface area contributed by atoms with Crippen LogP contribution in [0.5, 0.6) is 0 Å². The molecule has 0 radical (unpaired) electrons. The molecular weight excluding hydrogens is 396 g/mol. The maximum Gasteiger partial charge on any atom is 0.133 e. The molecule has 0 aromatic rings. The second kappa shape index (κ2) is 7.94. The predicted molar refractivity (Wildman–Crippen MR) is 128 cm³/mol. The van der Waals surface area contributed by atoms with E-state index in [0.29, 0.717) is 35.4 Å². The molecule has 5 saturated carbocycles. The number of ketones is 1. The second-order valence-corrected chi connectivity index (χ2v) is 13.3. The molecule has 5 aliphatic carbocycles. The Balaban J connectivity index is 1.34. The summed E-state index contributed by atoms with van der Waals surface area (Å²) in [6, 6.07) is 0. The third-order valence-corrected chi connectivity index (χ3v) is 12.0. The van der Waals surface area contributed by atoms with Crippen LogP contribution in [0.2, 0.25) is 0 Å². The van der Waals surface area contributed by atoms with Crippen LogP contribution in [0.3, 0.4) is 0 Å². The third kappa shape index (κ3) is 3.39. The number of rotatable bonds is 5. The lowest BCUT2D eigenvalue weighted by atomic mass is 9.44. The van der Waals surface area contributed by atoms with E-state index in [1.54, 1.807) is 0 Å². The molecule has 0 aromatic heterocycles. The minimum absolute atomic E-state index is 0.164. The first-order chi connectivity index (χ1) is 15.1. The Bertz CT molecular complexity index is 774. The van der Waals surface area contributed by atoms with Crippen LogP contribution in [0.4, 0.5) is 0 Å². The number of aliphatic hydroxyl groups excluding tert-OH is 2. The zero-order valence-electron chi connectivity index (χ0n) is 20.9. The number of carbonyl (C=O) groups is 1. The van der Waals surface area contributed by atoms with Crippen LogP contribution in [0.1, 0.15) is 91.9 Å². The number of fused-ring (bicyclic) bond motifs is 5. The summed E-state index contributed by atoms with van der Waals surface area (Å²) in [5.74, 6) is 5.02. The van der Waals surface area contributed by atoms with Crippen molar-refractivity contribution in [3.8, 4) is 0 Å². The van der Waals surface area contributed by atoms with E-state index in [9.17, 15) is 15.0 Å². The standard InChI is InChI=1S/C29H46O3/c1-16-12-22(16)17(2)13-26(31)18(3)23-8-9-24-21-7-6-19-14-20(30)10-11-28(19,4)25(21)15-27(32)29(23,24)5/h16-17,19,21-27,31-32H,3,6-15H2,1-2,4-5H3/t16-,17-,19+,21+,22-,23-,24+,25+,26-,27-,28+,29-/m1/s1. The zero-order chi connectivity index (χ0) is 23.0. The monoisotopic (exact) mass is 442 g/mol. The molecule has 0 saturated heterocycles. The lowest BCUT2D eigenvalue weighted by molar-refractivity contribution is -0.165. The van der Waals surface area contributed by atoms with Gasteiger partial charge in [-0.2, -0.15) is 0 Å². The molecule has 0 bridgehead atoms. The van der Waals surface area contributed by atoms with Crippen LogP contribution in [0.25, 0.3) is 0 Å². The van der Waals surface area contributed by atoms with E-state index in [1.165, 1.54) is 19.3 Å². The third-order valence-electron chi connectivity index (χ3n) is 12.0. The van der Waals surface area contributed by atoms with Gasteiger partial charge in [0.25, 0.3) is 0 Å². The number of hydrogen-bond acceptors (Lipinski definition) is 3. The summed E-state index contributed by atoms with van der Waals surface area (Å²) in [4.78, 5) is 12.2. The van der Waals surface area contributed by atoms with Crippen molar-refractivity contribution in [3.63, 3.8) is 0 Å². The lowest BCUT2D eigenvalue weighted by Gasteiger charge is -2.61. The van der Waals surface area contributed by atoms with E-state index in [2.05, 4.69) is 34.3 Å². The molecule has 0 amide bonds. The normalized spacial score (nSPS) is 51.9. The van der Waals surface area contributed by atoms with Crippen molar-refractivity contribution >= 4 is 5.78 Å². The first kappa shape index (κ1) is 23.1. The average Bonchev–Trinajstić information content (AvgIpc) is 3.37. The van der Waals surface area contributed by atoms with Crippen LogP contribution in [-0.2, 0) is 4.79 Å². The van der Waals surface area contributed by atoms with Gasteiger partial charge >= 0.3 is 0 Å². The summed E-state index contributed by atoms with van der Waals surface area (Å²) in [7, 11) is 0. The lowest BCUT2D eigenvalue weighted by Crippen LogP contribution is -2.58. The Hall–Kier alpha value is -0.670. The predicted octanol–water partition coefficient (Wildman–Crippen LogP) is 5.78. The van der Waals surface area contributed by atoms with Crippen LogP contribution >= 0.6 is 0 Å². The van der Waals surface area contributed by atoms with Gasteiger partial charge in [0.1, 0.15) is 5.78 Å². The Morgan fingerprint density at radius 2 is 1.88 bits per heavy atom. The van der Waals surface area contributed by atoms with E-state index in [-0.39, 0.29) is 22.9 Å². The quantitative estimate of drug-likeness (QED) is 0.530. The topological polar surface area (TPSA) is 57.5 Å². The van der Waals surface area contributed by atoms with Gasteiger partial charge in [-0.25, -0.2) is 0 Å². The molecule has 0 aliphatic heterocycles. The van der Waals surface area contributed by atoms with Crippen molar-refractivity contribution < 1.29 is 15.0 Å². The fourth-order valence-electron chi connectivity index (χ4n) is 9.67. The largest absolute Gasteiger partial charge is 0.393 e. The van der Waals surface area contributed by atoms with Crippen LogP contribution in [0, 0.1) is 58.2 Å². The van der Waals surface area contributed by atoms with Gasteiger partial charge in [-0.3, -0.25) is 4.79 Å². The fraction of sp³-hybridized carbons (Fsp3) is 0.897. The molecule has 5 rings (SSSR count). The number of hydrogen-bond donors (Lipinski definition) is 2. The van der Waals surface area contributed by atoms with Gasteiger partial charge < -0.3 is 10.2 Å². The summed E-state index contributed by atoms with van der Waals surface area (Å²) >= 11 is 0. The smallest absolute Gasteiger partial charge is 0.133 e. The minimum atomic E-state index is -0.444. The highest BCUT2D eigenvalue weighted by molar-refractivity contribution is 5.79. The zero-order valence-corrected chi connectivity index (χ0v) is 20.9. The number of aliphatic hydroxyl groups is 2.